The van der Waals surface area contributed by atoms with Gasteiger partial charge in [-0.15, -0.1) is 0 Å². The van der Waals surface area contributed by atoms with Crippen LogP contribution < -0.4 is 0 Å². The van der Waals surface area contributed by atoms with Crippen LogP contribution >= 0.6 is 0 Å². The summed E-state index contributed by atoms with van der Waals surface area (Å²) in [5.41, 5.74) is 0. The Bertz CT molecular complexity index is 345. The lowest BCUT2D eigenvalue weighted by Gasteiger charge is -2.24. The largest absolute Gasteiger partial charge is 0.466 e. The highest BCUT2D eigenvalue weighted by atomic mass is 16.7. The summed E-state index contributed by atoms with van der Waals surface area (Å²) >= 11 is 0. The van der Waals surface area contributed by atoms with Crippen molar-refractivity contribution >= 4 is 11.9 Å². The molecule has 0 bridgehead atoms. The van der Waals surface area contributed by atoms with Crippen molar-refractivity contribution in [1.29, 1.82) is 0 Å². The summed E-state index contributed by atoms with van der Waals surface area (Å²) < 4.78 is 21.5. The van der Waals surface area contributed by atoms with Crippen LogP contribution in [0, 0.1) is 5.92 Å². The molecule has 0 aromatic rings. The third kappa shape index (κ3) is 5.63. The van der Waals surface area contributed by atoms with Gasteiger partial charge in [-0.1, -0.05) is 0 Å². The van der Waals surface area contributed by atoms with Crippen LogP contribution in [0.1, 0.15) is 47.5 Å². The molecule has 1 heterocycles. The van der Waals surface area contributed by atoms with Crippen molar-refractivity contribution < 1.29 is 28.5 Å². The second kappa shape index (κ2) is 7.75. The molecule has 0 unspecified atom stereocenters. The molecule has 0 aromatic carbocycles. The van der Waals surface area contributed by atoms with E-state index in [1.54, 1.807) is 13.8 Å². The Morgan fingerprint density at radius 1 is 1.05 bits per heavy atom. The second-order valence-corrected chi connectivity index (χ2v) is 5.58. The number of carbonyl (C=O) groups is 2. The van der Waals surface area contributed by atoms with Crippen molar-refractivity contribution in [2.24, 2.45) is 5.92 Å². The van der Waals surface area contributed by atoms with Crippen LogP contribution in [0.4, 0.5) is 0 Å². The van der Waals surface area contributed by atoms with Crippen LogP contribution in [0.2, 0.25) is 0 Å². The number of hydrogen-bond donors (Lipinski definition) is 0. The normalized spacial score (nSPS) is 24.1. The van der Waals surface area contributed by atoms with Crippen molar-refractivity contribution in [3.8, 4) is 0 Å². The summed E-state index contributed by atoms with van der Waals surface area (Å²) in [5, 5.41) is 0. The number of hydrogen-bond acceptors (Lipinski definition) is 6. The molecule has 0 N–H and O–H groups in total. The van der Waals surface area contributed by atoms with Crippen LogP contribution in [0.3, 0.4) is 0 Å². The monoisotopic (exact) mass is 302 g/mol. The van der Waals surface area contributed by atoms with Crippen LogP contribution in [-0.4, -0.2) is 43.1 Å². The van der Waals surface area contributed by atoms with Gasteiger partial charge >= 0.3 is 11.9 Å². The Balaban J connectivity index is 2.75. The zero-order valence-electron chi connectivity index (χ0n) is 13.5. The van der Waals surface area contributed by atoms with E-state index >= 15 is 0 Å². The molecule has 0 spiro atoms. The second-order valence-electron chi connectivity index (χ2n) is 5.58. The molecule has 0 saturated carbocycles. The molecule has 1 aliphatic rings. The van der Waals surface area contributed by atoms with Gasteiger partial charge < -0.3 is 18.9 Å². The SMILES string of the molecule is CCOC(=O)CC(CC(=O)OCC)[C@@H]1OC(C)(C)O[C@H]1C. The molecular weight excluding hydrogens is 276 g/mol. The van der Waals surface area contributed by atoms with E-state index in [9.17, 15) is 9.59 Å². The highest BCUT2D eigenvalue weighted by molar-refractivity contribution is 5.73. The fourth-order valence-electron chi connectivity index (χ4n) is 2.62. The fourth-order valence-corrected chi connectivity index (χ4v) is 2.62. The molecule has 21 heavy (non-hydrogen) atoms. The molecule has 0 amide bonds. The van der Waals surface area contributed by atoms with E-state index in [1.807, 2.05) is 20.8 Å². The van der Waals surface area contributed by atoms with E-state index < -0.39 is 5.79 Å². The number of rotatable bonds is 7. The minimum atomic E-state index is -0.717. The van der Waals surface area contributed by atoms with Gasteiger partial charge in [0.1, 0.15) is 0 Å². The molecule has 0 aliphatic carbocycles. The van der Waals surface area contributed by atoms with Gasteiger partial charge in [-0.2, -0.15) is 0 Å². The van der Waals surface area contributed by atoms with Gasteiger partial charge in [0.2, 0.25) is 0 Å². The van der Waals surface area contributed by atoms with Crippen molar-refractivity contribution in [3.63, 3.8) is 0 Å². The topological polar surface area (TPSA) is 71.1 Å². The lowest BCUT2D eigenvalue weighted by atomic mass is 9.92. The Morgan fingerprint density at radius 2 is 1.52 bits per heavy atom. The van der Waals surface area contributed by atoms with Gasteiger partial charge in [0, 0.05) is 5.92 Å². The Morgan fingerprint density at radius 3 is 1.86 bits per heavy atom. The summed E-state index contributed by atoms with van der Waals surface area (Å²) in [7, 11) is 0. The van der Waals surface area contributed by atoms with Crippen LogP contribution in [0.25, 0.3) is 0 Å². The first-order chi connectivity index (χ1) is 9.79. The van der Waals surface area contributed by atoms with Gasteiger partial charge in [0.15, 0.2) is 5.79 Å². The molecule has 122 valence electrons. The van der Waals surface area contributed by atoms with E-state index in [-0.39, 0.29) is 42.9 Å². The highest BCUT2D eigenvalue weighted by Crippen LogP contribution is 2.34. The van der Waals surface area contributed by atoms with Crippen molar-refractivity contribution in [3.05, 3.63) is 0 Å². The molecule has 1 fully saturated rings. The standard InChI is InChI=1S/C15H26O6/c1-6-18-12(16)8-11(9-13(17)19-7-2)14-10(3)20-15(4,5)21-14/h10-11,14H,6-9H2,1-5H3/t10-,14+/m0/s1. The third-order valence-electron chi connectivity index (χ3n) is 3.29. The first-order valence-electron chi connectivity index (χ1n) is 7.46. The zero-order chi connectivity index (χ0) is 16.0. The van der Waals surface area contributed by atoms with E-state index in [4.69, 9.17) is 18.9 Å². The fraction of sp³-hybridized carbons (Fsp3) is 0.867. The molecule has 0 radical (unpaired) electrons. The Kier molecular flexibility index (Phi) is 6.61. The first-order valence-corrected chi connectivity index (χ1v) is 7.46. The summed E-state index contributed by atoms with van der Waals surface area (Å²) in [6.07, 6.45) is -0.315. The van der Waals surface area contributed by atoms with Gasteiger partial charge in [0.05, 0.1) is 38.3 Å². The molecule has 1 rings (SSSR count). The summed E-state index contributed by atoms with van der Waals surface area (Å²) in [6, 6.07) is 0. The smallest absolute Gasteiger partial charge is 0.306 e. The van der Waals surface area contributed by atoms with E-state index in [0.717, 1.165) is 0 Å². The van der Waals surface area contributed by atoms with Gasteiger partial charge in [0.25, 0.3) is 0 Å². The van der Waals surface area contributed by atoms with Gasteiger partial charge in [-0.05, 0) is 34.6 Å². The molecule has 6 nitrogen and oxygen atoms in total. The predicted octanol–water partition coefficient (Wildman–Crippen LogP) is 2.05. The zero-order valence-corrected chi connectivity index (χ0v) is 13.5. The summed E-state index contributed by atoms with van der Waals surface area (Å²) in [6.45, 7) is 9.63. The van der Waals surface area contributed by atoms with Crippen molar-refractivity contribution in [2.75, 3.05) is 13.2 Å². The first kappa shape index (κ1) is 17.9. The maximum atomic E-state index is 11.7. The lowest BCUT2D eigenvalue weighted by molar-refractivity contribution is -0.159. The molecular formula is C15H26O6. The van der Waals surface area contributed by atoms with Gasteiger partial charge in [-0.25, -0.2) is 0 Å². The van der Waals surface area contributed by atoms with E-state index in [1.165, 1.54) is 0 Å². The Labute approximate surface area is 126 Å². The minimum absolute atomic E-state index is 0.112. The average Bonchev–Trinajstić information content (AvgIpc) is 2.62. The molecule has 0 aromatic heterocycles. The lowest BCUT2D eigenvalue weighted by Crippen LogP contribution is -2.33. The average molecular weight is 302 g/mol. The summed E-state index contributed by atoms with van der Waals surface area (Å²) in [5.74, 6) is -1.72. The van der Waals surface area contributed by atoms with Crippen molar-refractivity contribution in [1.82, 2.24) is 0 Å². The third-order valence-corrected chi connectivity index (χ3v) is 3.29. The summed E-state index contributed by atoms with van der Waals surface area (Å²) in [4.78, 5) is 23.5. The quantitative estimate of drug-likeness (QED) is 0.670. The van der Waals surface area contributed by atoms with E-state index in [0.29, 0.717) is 13.2 Å². The maximum Gasteiger partial charge on any atom is 0.306 e. The van der Waals surface area contributed by atoms with Crippen LogP contribution in [-0.2, 0) is 28.5 Å². The molecule has 1 aliphatic heterocycles. The Hall–Kier alpha value is -1.14. The maximum absolute atomic E-state index is 11.7. The molecule has 6 heteroatoms. The predicted molar refractivity (Wildman–Crippen MR) is 75.5 cm³/mol. The number of esters is 2. The number of carbonyl (C=O) groups excluding carboxylic acids is 2. The number of ether oxygens (including phenoxy) is 4. The van der Waals surface area contributed by atoms with E-state index in [2.05, 4.69) is 0 Å². The highest BCUT2D eigenvalue weighted by Gasteiger charge is 2.44. The van der Waals surface area contributed by atoms with Gasteiger partial charge in [-0.3, -0.25) is 9.59 Å². The van der Waals surface area contributed by atoms with Crippen LogP contribution in [0.15, 0.2) is 0 Å². The minimum Gasteiger partial charge on any atom is -0.466 e. The molecule has 1 saturated heterocycles. The van der Waals surface area contributed by atoms with Crippen LogP contribution in [0.5, 0.6) is 0 Å². The van der Waals surface area contributed by atoms with Crippen molar-refractivity contribution in [2.45, 2.75) is 65.5 Å². The molecule has 2 atom stereocenters.